The molecule has 1 aliphatic carbocycles. The molecule has 1 saturated carbocycles. The summed E-state index contributed by atoms with van der Waals surface area (Å²) in [5.74, 6) is -0.0604. The van der Waals surface area contributed by atoms with Crippen molar-refractivity contribution in [3.8, 4) is 0 Å². The van der Waals surface area contributed by atoms with Crippen LogP contribution >= 0.6 is 0 Å². The second kappa shape index (κ2) is 9.98. The zero-order valence-electron chi connectivity index (χ0n) is 18.7. The van der Waals surface area contributed by atoms with Crippen molar-refractivity contribution in [3.05, 3.63) is 59.7 Å². The normalized spacial score (nSPS) is 17.2. The van der Waals surface area contributed by atoms with Crippen molar-refractivity contribution < 1.29 is 14.4 Å². The summed E-state index contributed by atoms with van der Waals surface area (Å²) in [5.41, 5.74) is 2.63. The molecule has 2 aliphatic rings. The maximum atomic E-state index is 12.8. The third kappa shape index (κ3) is 5.01. The van der Waals surface area contributed by atoms with Gasteiger partial charge in [-0.2, -0.15) is 0 Å². The molecule has 0 unspecified atom stereocenters. The highest BCUT2D eigenvalue weighted by molar-refractivity contribution is 6.05. The van der Waals surface area contributed by atoms with Gasteiger partial charge in [-0.15, -0.1) is 0 Å². The number of carbonyl (C=O) groups excluding carboxylic acids is 3. The van der Waals surface area contributed by atoms with Crippen molar-refractivity contribution in [1.29, 1.82) is 0 Å². The number of hydrogen-bond acceptors (Lipinski definition) is 3. The molecule has 2 aromatic rings. The topological polar surface area (TPSA) is 69.7 Å². The molecule has 0 atom stereocenters. The Morgan fingerprint density at radius 2 is 1.53 bits per heavy atom. The van der Waals surface area contributed by atoms with Gasteiger partial charge in [0.15, 0.2) is 0 Å². The molecule has 6 heteroatoms. The lowest BCUT2D eigenvalue weighted by Gasteiger charge is -2.31. The molecular weight excluding hydrogens is 402 g/mol. The van der Waals surface area contributed by atoms with E-state index < -0.39 is 0 Å². The standard InChI is InChI=1S/C26H31N3O3/c1-28(22-7-3-2-4-8-22)26(32)20-10-14-21(15-11-20)27-25(31)19-12-16-23(17-13-19)29-18-6-5-9-24(29)30/h10-17,22H,2-9,18H2,1H3,(H,27,31). The quantitative estimate of drug-likeness (QED) is 0.732. The highest BCUT2D eigenvalue weighted by atomic mass is 16.2. The first-order chi connectivity index (χ1) is 15.5. The molecule has 32 heavy (non-hydrogen) atoms. The molecule has 2 fully saturated rings. The van der Waals surface area contributed by atoms with Gasteiger partial charge in [-0.3, -0.25) is 14.4 Å². The van der Waals surface area contributed by atoms with Crippen LogP contribution in [-0.2, 0) is 4.79 Å². The number of hydrogen-bond donors (Lipinski definition) is 1. The van der Waals surface area contributed by atoms with E-state index >= 15 is 0 Å². The minimum absolute atomic E-state index is 0.0256. The molecule has 4 rings (SSSR count). The number of benzene rings is 2. The number of anilines is 2. The van der Waals surface area contributed by atoms with Crippen molar-refractivity contribution >= 4 is 29.1 Å². The Balaban J connectivity index is 1.36. The summed E-state index contributed by atoms with van der Waals surface area (Å²) >= 11 is 0. The van der Waals surface area contributed by atoms with Crippen molar-refractivity contribution in [2.75, 3.05) is 23.8 Å². The second-order valence-electron chi connectivity index (χ2n) is 8.79. The summed E-state index contributed by atoms with van der Waals surface area (Å²) in [6, 6.07) is 14.5. The van der Waals surface area contributed by atoms with Crippen LogP contribution in [0.1, 0.15) is 72.1 Å². The molecular formula is C26H31N3O3. The van der Waals surface area contributed by atoms with Gasteiger partial charge in [-0.05, 0) is 74.2 Å². The predicted octanol–water partition coefficient (Wildman–Crippen LogP) is 4.86. The van der Waals surface area contributed by atoms with Crippen LogP contribution in [0.2, 0.25) is 0 Å². The van der Waals surface area contributed by atoms with Crippen LogP contribution in [0.3, 0.4) is 0 Å². The van der Waals surface area contributed by atoms with Gasteiger partial charge >= 0.3 is 0 Å². The first kappa shape index (κ1) is 22.1. The van der Waals surface area contributed by atoms with E-state index in [2.05, 4.69) is 5.32 Å². The molecule has 168 valence electrons. The third-order valence-corrected chi connectivity index (χ3v) is 6.60. The smallest absolute Gasteiger partial charge is 0.255 e. The molecule has 0 aromatic heterocycles. The molecule has 6 nitrogen and oxygen atoms in total. The fraction of sp³-hybridized carbons (Fsp3) is 0.423. The minimum atomic E-state index is -0.222. The van der Waals surface area contributed by atoms with Gasteiger partial charge in [0.05, 0.1) is 0 Å². The lowest BCUT2D eigenvalue weighted by atomic mass is 9.94. The zero-order valence-corrected chi connectivity index (χ0v) is 18.7. The Hall–Kier alpha value is -3.15. The Labute approximate surface area is 189 Å². The average Bonchev–Trinajstić information content (AvgIpc) is 2.84. The number of carbonyl (C=O) groups is 3. The van der Waals surface area contributed by atoms with Gasteiger partial charge in [-0.1, -0.05) is 19.3 Å². The maximum absolute atomic E-state index is 12.8. The monoisotopic (exact) mass is 433 g/mol. The van der Waals surface area contributed by atoms with Gasteiger partial charge in [0, 0.05) is 48.6 Å². The minimum Gasteiger partial charge on any atom is -0.339 e. The first-order valence-corrected chi connectivity index (χ1v) is 11.6. The summed E-state index contributed by atoms with van der Waals surface area (Å²) in [4.78, 5) is 41.2. The summed E-state index contributed by atoms with van der Waals surface area (Å²) in [5, 5.41) is 2.88. The van der Waals surface area contributed by atoms with E-state index in [1.807, 2.05) is 24.1 Å². The summed E-state index contributed by atoms with van der Waals surface area (Å²) in [7, 11) is 1.88. The van der Waals surface area contributed by atoms with Crippen LogP contribution in [0, 0.1) is 0 Å². The zero-order chi connectivity index (χ0) is 22.5. The number of nitrogens with one attached hydrogen (secondary N) is 1. The molecule has 1 heterocycles. The van der Waals surface area contributed by atoms with Crippen molar-refractivity contribution in [3.63, 3.8) is 0 Å². The molecule has 0 bridgehead atoms. The van der Waals surface area contributed by atoms with Crippen LogP contribution in [0.15, 0.2) is 48.5 Å². The van der Waals surface area contributed by atoms with Gasteiger partial charge in [-0.25, -0.2) is 0 Å². The number of piperidine rings is 1. The summed E-state index contributed by atoms with van der Waals surface area (Å²) in [6.45, 7) is 0.728. The molecule has 0 radical (unpaired) electrons. The van der Waals surface area contributed by atoms with Gasteiger partial charge in [0.1, 0.15) is 0 Å². The van der Waals surface area contributed by atoms with Gasteiger partial charge < -0.3 is 15.1 Å². The second-order valence-corrected chi connectivity index (χ2v) is 8.79. The fourth-order valence-electron chi connectivity index (χ4n) is 4.61. The third-order valence-electron chi connectivity index (χ3n) is 6.60. The van der Waals surface area contributed by atoms with Crippen LogP contribution in [-0.4, -0.2) is 42.3 Å². The van der Waals surface area contributed by atoms with Crippen molar-refractivity contribution in [2.24, 2.45) is 0 Å². The molecule has 0 spiro atoms. The Bertz CT molecular complexity index is 963. The lowest BCUT2D eigenvalue weighted by molar-refractivity contribution is -0.119. The molecule has 3 amide bonds. The Kier molecular flexibility index (Phi) is 6.88. The predicted molar refractivity (Wildman–Crippen MR) is 126 cm³/mol. The largest absolute Gasteiger partial charge is 0.339 e. The highest BCUT2D eigenvalue weighted by Crippen LogP contribution is 2.24. The molecule has 2 aromatic carbocycles. The van der Waals surface area contributed by atoms with E-state index in [1.165, 1.54) is 19.3 Å². The van der Waals surface area contributed by atoms with E-state index in [1.54, 1.807) is 41.3 Å². The van der Waals surface area contributed by atoms with E-state index in [-0.39, 0.29) is 17.7 Å². The van der Waals surface area contributed by atoms with Crippen LogP contribution < -0.4 is 10.2 Å². The van der Waals surface area contributed by atoms with E-state index in [0.29, 0.717) is 29.3 Å². The fourth-order valence-corrected chi connectivity index (χ4v) is 4.61. The van der Waals surface area contributed by atoms with Crippen LogP contribution in [0.4, 0.5) is 11.4 Å². The van der Waals surface area contributed by atoms with Crippen molar-refractivity contribution in [1.82, 2.24) is 4.90 Å². The number of amides is 3. The number of rotatable bonds is 5. The van der Waals surface area contributed by atoms with Crippen LogP contribution in [0.25, 0.3) is 0 Å². The van der Waals surface area contributed by atoms with E-state index in [9.17, 15) is 14.4 Å². The van der Waals surface area contributed by atoms with E-state index in [0.717, 1.165) is 37.9 Å². The molecule has 1 N–H and O–H groups in total. The number of nitrogens with zero attached hydrogens (tertiary/aromatic N) is 2. The summed E-state index contributed by atoms with van der Waals surface area (Å²) in [6.07, 6.45) is 8.29. The van der Waals surface area contributed by atoms with Gasteiger partial charge in [0.25, 0.3) is 11.8 Å². The van der Waals surface area contributed by atoms with Crippen LogP contribution in [0.5, 0.6) is 0 Å². The lowest BCUT2D eigenvalue weighted by Crippen LogP contribution is -2.38. The Morgan fingerprint density at radius 3 is 2.19 bits per heavy atom. The maximum Gasteiger partial charge on any atom is 0.255 e. The van der Waals surface area contributed by atoms with Crippen molar-refractivity contribution in [2.45, 2.75) is 57.4 Å². The molecule has 1 saturated heterocycles. The summed E-state index contributed by atoms with van der Waals surface area (Å²) < 4.78 is 0. The molecule has 1 aliphatic heterocycles. The first-order valence-electron chi connectivity index (χ1n) is 11.6. The highest BCUT2D eigenvalue weighted by Gasteiger charge is 2.23. The Morgan fingerprint density at radius 1 is 0.875 bits per heavy atom. The average molecular weight is 434 g/mol. The SMILES string of the molecule is CN(C(=O)c1ccc(NC(=O)c2ccc(N3CCCCC3=O)cc2)cc1)C1CCCCC1. The van der Waals surface area contributed by atoms with Gasteiger partial charge in [0.2, 0.25) is 5.91 Å². The van der Waals surface area contributed by atoms with E-state index in [4.69, 9.17) is 0 Å².